The molecule has 0 saturated heterocycles. The first-order valence-electron chi connectivity index (χ1n) is 7.40. The molecule has 1 aliphatic rings. The zero-order valence-corrected chi connectivity index (χ0v) is 13.9. The molecule has 0 bridgehead atoms. The molecule has 3 unspecified atom stereocenters. The lowest BCUT2D eigenvalue weighted by atomic mass is 9.97. The molecule has 4 N–H and O–H groups in total. The molecule has 2 amide bonds. The molecular formula is C17H21ClN2O3. The Balaban J connectivity index is 1.99. The van der Waals surface area contributed by atoms with Gasteiger partial charge in [-0.3, -0.25) is 0 Å². The van der Waals surface area contributed by atoms with Gasteiger partial charge in [0.15, 0.2) is 5.79 Å². The van der Waals surface area contributed by atoms with Crippen LogP contribution in [0.3, 0.4) is 0 Å². The lowest BCUT2D eigenvalue weighted by molar-refractivity contribution is -0.193. The van der Waals surface area contributed by atoms with Crippen LogP contribution in [0.4, 0.5) is 4.79 Å². The second-order valence-corrected chi connectivity index (χ2v) is 6.06. The first-order chi connectivity index (χ1) is 10.8. The molecule has 1 aliphatic carbocycles. The van der Waals surface area contributed by atoms with E-state index in [1.807, 2.05) is 32.1 Å². The summed E-state index contributed by atoms with van der Waals surface area (Å²) in [6, 6.07) is 6.49. The molecule has 124 valence electrons. The van der Waals surface area contributed by atoms with Crippen LogP contribution in [-0.2, 0) is 4.74 Å². The number of hydrogen-bond donors (Lipinski definition) is 3. The van der Waals surface area contributed by atoms with Crippen molar-refractivity contribution in [1.82, 2.24) is 5.32 Å². The topological polar surface area (TPSA) is 84.6 Å². The highest BCUT2D eigenvalue weighted by Crippen LogP contribution is 2.30. The van der Waals surface area contributed by atoms with Gasteiger partial charge in [0.2, 0.25) is 0 Å². The third-order valence-corrected chi connectivity index (χ3v) is 4.00. The molecule has 2 rings (SSSR count). The lowest BCUT2D eigenvalue weighted by Crippen LogP contribution is -2.39. The van der Waals surface area contributed by atoms with E-state index in [-0.39, 0.29) is 12.1 Å². The minimum absolute atomic E-state index is 0.220. The maximum absolute atomic E-state index is 10.9. The van der Waals surface area contributed by atoms with Crippen molar-refractivity contribution in [2.45, 2.75) is 38.2 Å². The number of aliphatic hydroxyl groups is 1. The summed E-state index contributed by atoms with van der Waals surface area (Å²) < 4.78 is 5.78. The number of halogens is 1. The molecule has 0 heterocycles. The first-order valence-corrected chi connectivity index (χ1v) is 7.78. The largest absolute Gasteiger partial charge is 0.362 e. The number of carbonyl (C=O) groups is 1. The third-order valence-electron chi connectivity index (χ3n) is 3.75. The van der Waals surface area contributed by atoms with E-state index >= 15 is 0 Å². The van der Waals surface area contributed by atoms with Crippen LogP contribution in [0.5, 0.6) is 0 Å². The van der Waals surface area contributed by atoms with E-state index in [0.717, 1.165) is 11.1 Å². The fraction of sp³-hybridized carbons (Fsp3) is 0.353. The van der Waals surface area contributed by atoms with Crippen LogP contribution in [0.15, 0.2) is 48.1 Å². The first kappa shape index (κ1) is 17.5. The zero-order chi connectivity index (χ0) is 17.0. The highest BCUT2D eigenvalue weighted by atomic mass is 35.5. The van der Waals surface area contributed by atoms with E-state index in [2.05, 4.69) is 5.32 Å². The van der Waals surface area contributed by atoms with E-state index in [1.54, 1.807) is 24.3 Å². The second kappa shape index (κ2) is 7.17. The van der Waals surface area contributed by atoms with Gasteiger partial charge in [-0.05, 0) is 43.2 Å². The number of primary amides is 1. The highest BCUT2D eigenvalue weighted by molar-refractivity contribution is 6.30. The third kappa shape index (κ3) is 4.82. The van der Waals surface area contributed by atoms with Gasteiger partial charge in [-0.2, -0.15) is 0 Å². The smallest absolute Gasteiger partial charge is 0.312 e. The van der Waals surface area contributed by atoms with Crippen molar-refractivity contribution in [3.63, 3.8) is 0 Å². The van der Waals surface area contributed by atoms with Gasteiger partial charge in [0.25, 0.3) is 0 Å². The van der Waals surface area contributed by atoms with E-state index in [0.29, 0.717) is 11.4 Å². The molecular weight excluding hydrogens is 316 g/mol. The Labute approximate surface area is 140 Å². The van der Waals surface area contributed by atoms with Gasteiger partial charge in [0.1, 0.15) is 0 Å². The van der Waals surface area contributed by atoms with Crippen LogP contribution in [0.1, 0.15) is 31.9 Å². The molecule has 1 aromatic carbocycles. The second-order valence-electron chi connectivity index (χ2n) is 5.63. The van der Waals surface area contributed by atoms with Crippen molar-refractivity contribution in [2.24, 2.45) is 5.73 Å². The van der Waals surface area contributed by atoms with E-state index < -0.39 is 11.8 Å². The molecule has 0 fully saturated rings. The quantitative estimate of drug-likeness (QED) is 0.722. The number of nitrogens with two attached hydrogens (primary N) is 1. The Bertz CT molecular complexity index is 627. The summed E-state index contributed by atoms with van der Waals surface area (Å²) in [4.78, 5) is 10.9. The van der Waals surface area contributed by atoms with Gasteiger partial charge in [0.05, 0.1) is 12.1 Å². The number of carbonyl (C=O) groups excluding carboxylic acids is 1. The Morgan fingerprint density at radius 1 is 1.39 bits per heavy atom. The predicted molar refractivity (Wildman–Crippen MR) is 89.9 cm³/mol. The molecule has 1 aromatic rings. The van der Waals surface area contributed by atoms with Crippen molar-refractivity contribution >= 4 is 17.6 Å². The monoisotopic (exact) mass is 336 g/mol. The number of benzene rings is 1. The van der Waals surface area contributed by atoms with Gasteiger partial charge in [-0.1, -0.05) is 35.9 Å². The Kier molecular flexibility index (Phi) is 5.46. The summed E-state index contributed by atoms with van der Waals surface area (Å²) >= 11 is 5.87. The van der Waals surface area contributed by atoms with E-state index in [1.165, 1.54) is 0 Å². The molecule has 0 aromatic heterocycles. The van der Waals surface area contributed by atoms with Crippen LogP contribution in [0, 0.1) is 0 Å². The number of hydrogen-bond acceptors (Lipinski definition) is 3. The number of ether oxygens (including phenoxy) is 1. The van der Waals surface area contributed by atoms with E-state index in [4.69, 9.17) is 22.1 Å². The number of rotatable bonds is 5. The van der Waals surface area contributed by atoms with Crippen molar-refractivity contribution in [3.8, 4) is 0 Å². The maximum atomic E-state index is 10.9. The molecule has 3 atom stereocenters. The molecule has 6 heteroatoms. The van der Waals surface area contributed by atoms with Crippen molar-refractivity contribution in [1.29, 1.82) is 0 Å². The van der Waals surface area contributed by atoms with Gasteiger partial charge in [-0.15, -0.1) is 0 Å². The van der Waals surface area contributed by atoms with Crippen LogP contribution >= 0.6 is 11.6 Å². The maximum Gasteiger partial charge on any atom is 0.312 e. The average molecular weight is 337 g/mol. The number of amides is 2. The minimum atomic E-state index is -1.38. The van der Waals surface area contributed by atoms with Gasteiger partial charge in [0, 0.05) is 11.4 Å². The van der Waals surface area contributed by atoms with Crippen LogP contribution in [0.25, 0.3) is 0 Å². The summed E-state index contributed by atoms with van der Waals surface area (Å²) in [5, 5.41) is 13.8. The highest BCUT2D eigenvalue weighted by Gasteiger charge is 2.29. The molecule has 0 aliphatic heterocycles. The number of urea groups is 1. The summed E-state index contributed by atoms with van der Waals surface area (Å²) in [5.74, 6) is -1.38. The van der Waals surface area contributed by atoms with Crippen LogP contribution < -0.4 is 11.1 Å². The Morgan fingerprint density at radius 2 is 2.04 bits per heavy atom. The van der Waals surface area contributed by atoms with Gasteiger partial charge in [-0.25, -0.2) is 4.79 Å². The Hall–Kier alpha value is -1.82. The van der Waals surface area contributed by atoms with Crippen molar-refractivity contribution in [2.75, 3.05) is 0 Å². The lowest BCUT2D eigenvalue weighted by Gasteiger charge is -2.31. The summed E-state index contributed by atoms with van der Waals surface area (Å²) in [7, 11) is 0. The normalized spacial score (nSPS) is 23.0. The molecule has 0 saturated carbocycles. The summed E-state index contributed by atoms with van der Waals surface area (Å²) in [5.41, 5.74) is 6.91. The number of nitrogens with one attached hydrogen (secondary N) is 1. The van der Waals surface area contributed by atoms with Crippen LogP contribution in [-0.4, -0.2) is 23.0 Å². The predicted octanol–water partition coefficient (Wildman–Crippen LogP) is 3.05. The Morgan fingerprint density at radius 3 is 2.57 bits per heavy atom. The van der Waals surface area contributed by atoms with Gasteiger partial charge < -0.3 is 20.9 Å². The average Bonchev–Trinajstić information content (AvgIpc) is 2.47. The summed E-state index contributed by atoms with van der Waals surface area (Å²) in [6.07, 6.45) is 5.15. The van der Waals surface area contributed by atoms with Crippen molar-refractivity contribution < 1.29 is 14.6 Å². The van der Waals surface area contributed by atoms with Crippen molar-refractivity contribution in [3.05, 3.63) is 58.7 Å². The van der Waals surface area contributed by atoms with Crippen LogP contribution in [0.2, 0.25) is 5.02 Å². The zero-order valence-electron chi connectivity index (χ0n) is 13.1. The SMILES string of the molecule is CC(NC(N)=O)C1=CCC(O)(OC(C)c2ccc(Cl)cc2)C=C1. The standard InChI is InChI=1S/C17H21ClN2O3/c1-11(20-16(19)21)13-7-9-17(22,10-8-13)23-12(2)14-3-5-15(18)6-4-14/h3-9,11-12,22H,10H2,1-2H3,(H3,19,20,21). The molecule has 0 radical (unpaired) electrons. The van der Waals surface area contributed by atoms with Gasteiger partial charge >= 0.3 is 6.03 Å². The summed E-state index contributed by atoms with van der Waals surface area (Å²) in [6.45, 7) is 3.69. The molecule has 23 heavy (non-hydrogen) atoms. The fourth-order valence-corrected chi connectivity index (χ4v) is 2.57. The fourth-order valence-electron chi connectivity index (χ4n) is 2.44. The molecule has 5 nitrogen and oxygen atoms in total. The molecule has 0 spiro atoms. The van der Waals surface area contributed by atoms with E-state index in [9.17, 15) is 9.90 Å². The minimum Gasteiger partial charge on any atom is -0.362 e.